The number of aromatic amines is 1. The third-order valence-corrected chi connectivity index (χ3v) is 2.65. The molecule has 1 aromatic carbocycles. The third kappa shape index (κ3) is 4.24. The molecule has 0 radical (unpaired) electrons. The number of rotatable bonds is 5. The molecule has 4 N–H and O–H groups in total. The minimum atomic E-state index is -1.12. The Hall–Kier alpha value is -3.49. The van der Waals surface area contributed by atoms with Crippen molar-refractivity contribution < 1.29 is 19.4 Å². The van der Waals surface area contributed by atoms with E-state index in [1.165, 1.54) is 19.3 Å². The summed E-state index contributed by atoms with van der Waals surface area (Å²) in [7, 11) is 1.28. The van der Waals surface area contributed by atoms with Crippen molar-refractivity contribution in [2.24, 2.45) is 10.2 Å². The van der Waals surface area contributed by atoms with Crippen molar-refractivity contribution in [1.29, 1.82) is 0 Å². The molecule has 9 heteroatoms. The molecule has 0 bridgehead atoms. The molecule has 118 valence electrons. The summed E-state index contributed by atoms with van der Waals surface area (Å²) in [5, 5.41) is 16.5. The Morgan fingerprint density at radius 3 is 2.87 bits per heavy atom. The van der Waals surface area contributed by atoms with Crippen LogP contribution >= 0.6 is 0 Å². The number of nitrogens with zero attached hydrogens (tertiary/aromatic N) is 3. The van der Waals surface area contributed by atoms with Crippen LogP contribution in [-0.2, 0) is 9.53 Å². The number of nitrogens with two attached hydrogens (primary N) is 1. The predicted octanol–water partition coefficient (Wildman–Crippen LogP) is 2.29. The summed E-state index contributed by atoms with van der Waals surface area (Å²) < 4.78 is 4.62. The van der Waals surface area contributed by atoms with Gasteiger partial charge in [-0.25, -0.2) is 9.59 Å². The smallest absolute Gasteiger partial charge is 0.337 e. The Bertz CT molecular complexity index is 794. The number of anilines is 1. The number of carbonyl (C=O) groups excluding carboxylic acids is 1. The SMILES string of the molecule is COC(=O)c1cccc(N=Nc2nc(N)[nH]c2/C=C/C(=O)O)c1. The van der Waals surface area contributed by atoms with E-state index in [-0.39, 0.29) is 11.8 Å². The molecule has 0 spiro atoms. The van der Waals surface area contributed by atoms with Crippen LogP contribution in [0.15, 0.2) is 40.6 Å². The number of esters is 1. The lowest BCUT2D eigenvalue weighted by Gasteiger charge is -1.99. The Kier molecular flexibility index (Phi) is 4.82. The van der Waals surface area contributed by atoms with E-state index in [1.807, 2.05) is 0 Å². The normalized spacial score (nSPS) is 11.2. The van der Waals surface area contributed by atoms with Crippen LogP contribution in [-0.4, -0.2) is 34.1 Å². The number of hydrogen-bond donors (Lipinski definition) is 3. The number of imidazole rings is 1. The molecule has 1 heterocycles. The maximum Gasteiger partial charge on any atom is 0.337 e. The summed E-state index contributed by atoms with van der Waals surface area (Å²) in [5.74, 6) is -1.40. The van der Waals surface area contributed by atoms with Crippen molar-refractivity contribution in [3.63, 3.8) is 0 Å². The maximum atomic E-state index is 11.5. The van der Waals surface area contributed by atoms with Crippen LogP contribution in [0.25, 0.3) is 6.08 Å². The number of hydrogen-bond acceptors (Lipinski definition) is 7. The van der Waals surface area contributed by atoms with Gasteiger partial charge in [0, 0.05) is 6.08 Å². The third-order valence-electron chi connectivity index (χ3n) is 2.65. The number of benzene rings is 1. The van der Waals surface area contributed by atoms with E-state index in [0.29, 0.717) is 16.9 Å². The monoisotopic (exact) mass is 315 g/mol. The number of methoxy groups -OCH3 is 1. The molecular weight excluding hydrogens is 302 g/mol. The number of aromatic nitrogens is 2. The van der Waals surface area contributed by atoms with Crippen molar-refractivity contribution >= 4 is 35.5 Å². The highest BCUT2D eigenvalue weighted by atomic mass is 16.5. The van der Waals surface area contributed by atoms with E-state index in [1.54, 1.807) is 18.2 Å². The Balaban J connectivity index is 2.27. The van der Waals surface area contributed by atoms with Gasteiger partial charge in [-0.1, -0.05) is 6.07 Å². The predicted molar refractivity (Wildman–Crippen MR) is 81.6 cm³/mol. The fraction of sp³-hybridized carbons (Fsp3) is 0.0714. The zero-order chi connectivity index (χ0) is 16.8. The van der Waals surface area contributed by atoms with Crippen LogP contribution in [0.5, 0.6) is 0 Å². The number of H-pyrrole nitrogens is 1. The topological polar surface area (TPSA) is 143 Å². The van der Waals surface area contributed by atoms with Gasteiger partial charge in [0.25, 0.3) is 0 Å². The Morgan fingerprint density at radius 1 is 1.39 bits per heavy atom. The minimum absolute atomic E-state index is 0.0762. The number of azo groups is 1. The highest BCUT2D eigenvalue weighted by Gasteiger charge is 2.07. The first-order chi connectivity index (χ1) is 11.0. The molecule has 0 unspecified atom stereocenters. The molecular formula is C14H13N5O4. The maximum absolute atomic E-state index is 11.5. The molecule has 9 nitrogen and oxygen atoms in total. The second-order valence-electron chi connectivity index (χ2n) is 4.27. The van der Waals surface area contributed by atoms with Gasteiger partial charge in [-0.15, -0.1) is 10.2 Å². The van der Waals surface area contributed by atoms with Gasteiger partial charge in [0.05, 0.1) is 24.1 Å². The number of aliphatic carboxylic acids is 1. The molecule has 2 aromatic rings. The molecule has 0 aliphatic heterocycles. The standard InChI is InChI=1S/C14H13N5O4/c1-23-13(22)8-3-2-4-9(7-8)18-19-12-10(5-6-11(20)21)16-14(15)17-12/h2-7H,1H3,(H,20,21)(H3,15,16,17)/b6-5+,19-18?. The lowest BCUT2D eigenvalue weighted by Crippen LogP contribution is -1.99. The van der Waals surface area contributed by atoms with Gasteiger partial charge < -0.3 is 20.6 Å². The van der Waals surface area contributed by atoms with Gasteiger partial charge in [-0.3, -0.25) is 0 Å². The van der Waals surface area contributed by atoms with Crippen molar-refractivity contribution in [3.05, 3.63) is 41.6 Å². The number of carboxylic acid groups (broad SMARTS) is 1. The fourth-order valence-corrected chi connectivity index (χ4v) is 1.66. The summed E-state index contributed by atoms with van der Waals surface area (Å²) in [4.78, 5) is 28.6. The Labute approximate surface area is 130 Å². The number of carboxylic acids is 1. The summed E-state index contributed by atoms with van der Waals surface area (Å²) >= 11 is 0. The molecule has 0 saturated carbocycles. The lowest BCUT2D eigenvalue weighted by atomic mass is 10.2. The first-order valence-corrected chi connectivity index (χ1v) is 6.36. The Morgan fingerprint density at radius 2 is 2.17 bits per heavy atom. The largest absolute Gasteiger partial charge is 0.478 e. The molecule has 0 amide bonds. The van der Waals surface area contributed by atoms with Gasteiger partial charge in [-0.05, 0) is 24.3 Å². The molecule has 0 fully saturated rings. The summed E-state index contributed by atoms with van der Waals surface area (Å²) in [6.45, 7) is 0. The molecule has 0 atom stereocenters. The van der Waals surface area contributed by atoms with E-state index in [4.69, 9.17) is 10.8 Å². The summed E-state index contributed by atoms with van der Waals surface area (Å²) in [6.07, 6.45) is 2.19. The van der Waals surface area contributed by atoms with Crippen LogP contribution in [0.3, 0.4) is 0 Å². The van der Waals surface area contributed by atoms with E-state index in [9.17, 15) is 9.59 Å². The quantitative estimate of drug-likeness (QED) is 0.439. The molecule has 2 rings (SSSR count). The van der Waals surface area contributed by atoms with Crippen molar-refractivity contribution in [3.8, 4) is 0 Å². The molecule has 1 aromatic heterocycles. The van der Waals surface area contributed by atoms with Crippen molar-refractivity contribution in [2.45, 2.75) is 0 Å². The van der Waals surface area contributed by atoms with Crippen molar-refractivity contribution in [2.75, 3.05) is 12.8 Å². The molecule has 0 saturated heterocycles. The zero-order valence-corrected chi connectivity index (χ0v) is 12.1. The number of carbonyl (C=O) groups is 2. The summed E-state index contributed by atoms with van der Waals surface area (Å²) in [6, 6.07) is 6.35. The zero-order valence-electron chi connectivity index (χ0n) is 12.1. The molecule has 23 heavy (non-hydrogen) atoms. The highest BCUT2D eigenvalue weighted by Crippen LogP contribution is 2.23. The van der Waals surface area contributed by atoms with Crippen LogP contribution in [0.4, 0.5) is 17.5 Å². The second-order valence-corrected chi connectivity index (χ2v) is 4.27. The number of ether oxygens (including phenoxy) is 1. The van der Waals surface area contributed by atoms with Crippen LogP contribution < -0.4 is 5.73 Å². The van der Waals surface area contributed by atoms with Gasteiger partial charge in [0.2, 0.25) is 5.82 Å². The van der Waals surface area contributed by atoms with Crippen LogP contribution in [0.2, 0.25) is 0 Å². The van der Waals surface area contributed by atoms with Crippen molar-refractivity contribution in [1.82, 2.24) is 9.97 Å². The second kappa shape index (κ2) is 6.98. The minimum Gasteiger partial charge on any atom is -0.478 e. The van der Waals surface area contributed by atoms with Crippen LogP contribution in [0, 0.1) is 0 Å². The van der Waals surface area contributed by atoms with E-state index in [0.717, 1.165) is 6.08 Å². The first kappa shape index (κ1) is 15.9. The summed E-state index contributed by atoms with van der Waals surface area (Å²) in [5.41, 5.74) is 6.56. The fourth-order valence-electron chi connectivity index (χ4n) is 1.66. The lowest BCUT2D eigenvalue weighted by molar-refractivity contribution is -0.131. The average molecular weight is 315 g/mol. The average Bonchev–Trinajstić information content (AvgIpc) is 2.90. The van der Waals surface area contributed by atoms with Gasteiger partial charge in [0.15, 0.2) is 5.95 Å². The van der Waals surface area contributed by atoms with Gasteiger partial charge in [-0.2, -0.15) is 4.98 Å². The van der Waals surface area contributed by atoms with Gasteiger partial charge >= 0.3 is 11.9 Å². The first-order valence-electron chi connectivity index (χ1n) is 6.36. The number of nitrogen functional groups attached to an aromatic ring is 1. The highest BCUT2D eigenvalue weighted by molar-refractivity contribution is 5.90. The molecule has 0 aliphatic carbocycles. The van der Waals surface area contributed by atoms with E-state index in [2.05, 4.69) is 24.9 Å². The van der Waals surface area contributed by atoms with E-state index >= 15 is 0 Å². The van der Waals surface area contributed by atoms with Gasteiger partial charge in [0.1, 0.15) is 0 Å². The van der Waals surface area contributed by atoms with E-state index < -0.39 is 11.9 Å². The van der Waals surface area contributed by atoms with Crippen LogP contribution in [0.1, 0.15) is 16.1 Å². The number of nitrogens with one attached hydrogen (secondary N) is 1. The molecule has 0 aliphatic rings.